The van der Waals surface area contributed by atoms with Crippen molar-refractivity contribution < 1.29 is 9.59 Å². The van der Waals surface area contributed by atoms with Crippen LogP contribution in [0.2, 0.25) is 5.02 Å². The molecule has 1 aromatic heterocycles. The molecule has 3 aromatic rings. The van der Waals surface area contributed by atoms with Crippen molar-refractivity contribution in [1.82, 2.24) is 9.97 Å². The predicted octanol–water partition coefficient (Wildman–Crippen LogP) is 4.40. The van der Waals surface area contributed by atoms with Crippen molar-refractivity contribution >= 4 is 46.7 Å². The summed E-state index contributed by atoms with van der Waals surface area (Å²) in [4.78, 5) is 45.3. The van der Waals surface area contributed by atoms with Gasteiger partial charge in [-0.25, -0.2) is 4.98 Å². The van der Waals surface area contributed by atoms with Crippen LogP contribution in [0.25, 0.3) is 0 Å². The number of carbonyl (C=O) groups is 2. The number of nitrogens with one attached hydrogen (secondary N) is 3. The minimum Gasteiger partial charge on any atom is -0.325 e. The number of aromatic nitrogens is 2. The molecule has 1 aliphatic rings. The molecule has 2 amide bonds. The number of nitrogens with zero attached hydrogens (tertiary/aromatic N) is 1. The van der Waals surface area contributed by atoms with Gasteiger partial charge in [0.15, 0.2) is 5.16 Å². The molecule has 0 bridgehead atoms. The van der Waals surface area contributed by atoms with Crippen LogP contribution < -0.4 is 16.2 Å². The maximum absolute atomic E-state index is 13.0. The lowest BCUT2D eigenvalue weighted by Gasteiger charge is -2.24. The van der Waals surface area contributed by atoms with Crippen LogP contribution in [0.5, 0.6) is 0 Å². The van der Waals surface area contributed by atoms with E-state index >= 15 is 0 Å². The van der Waals surface area contributed by atoms with Crippen LogP contribution in [0.3, 0.4) is 0 Å². The van der Waals surface area contributed by atoms with Gasteiger partial charge in [0.25, 0.3) is 5.56 Å². The number of benzene rings is 2. The third-order valence-corrected chi connectivity index (χ3v) is 6.58. The highest BCUT2D eigenvalue weighted by atomic mass is 35.5. The van der Waals surface area contributed by atoms with Crippen molar-refractivity contribution in [3.05, 3.63) is 80.1 Å². The minimum absolute atomic E-state index is 0.125. The van der Waals surface area contributed by atoms with Crippen LogP contribution in [0.1, 0.15) is 34.6 Å². The van der Waals surface area contributed by atoms with Gasteiger partial charge in [-0.3, -0.25) is 14.4 Å². The quantitative estimate of drug-likeness (QED) is 0.380. The molecule has 0 aliphatic carbocycles. The summed E-state index contributed by atoms with van der Waals surface area (Å²) in [5.41, 5.74) is 3.19. The summed E-state index contributed by atoms with van der Waals surface area (Å²) in [6.45, 7) is 3.80. The van der Waals surface area contributed by atoms with Crippen LogP contribution >= 0.6 is 23.4 Å². The average Bonchev–Trinajstić information content (AvgIpc) is 2.74. The largest absolute Gasteiger partial charge is 0.325 e. The number of carbonyl (C=O) groups excluding carboxylic acids is 2. The maximum atomic E-state index is 13.0. The molecule has 2 aromatic carbocycles. The SMILES string of the molecule is Cc1cccc(CSc2nc3c(c(=O)[nH]2)[C@H](C(=O)Nc2cccc(Cl)c2C)CC(=O)N3)c1. The summed E-state index contributed by atoms with van der Waals surface area (Å²) in [5.74, 6) is -1.05. The second-order valence-corrected chi connectivity index (χ2v) is 8.99. The molecule has 0 unspecified atom stereocenters. The van der Waals surface area contributed by atoms with E-state index in [4.69, 9.17) is 11.6 Å². The highest BCUT2D eigenvalue weighted by Gasteiger charge is 2.35. The first-order chi connectivity index (χ1) is 15.3. The zero-order valence-corrected chi connectivity index (χ0v) is 19.1. The van der Waals surface area contributed by atoms with Gasteiger partial charge in [-0.05, 0) is 37.1 Å². The molecule has 0 spiro atoms. The summed E-state index contributed by atoms with van der Waals surface area (Å²) in [6, 6.07) is 13.2. The maximum Gasteiger partial charge on any atom is 0.257 e. The van der Waals surface area contributed by atoms with Crippen LogP contribution in [0.4, 0.5) is 11.5 Å². The third kappa shape index (κ3) is 4.71. The molecular formula is C23H21ClN4O3S. The molecule has 164 valence electrons. The lowest BCUT2D eigenvalue weighted by molar-refractivity contribution is -0.123. The van der Waals surface area contributed by atoms with Gasteiger partial charge in [0.2, 0.25) is 11.8 Å². The Bertz CT molecular complexity index is 1270. The molecule has 7 nitrogen and oxygen atoms in total. The fourth-order valence-electron chi connectivity index (χ4n) is 3.56. The van der Waals surface area contributed by atoms with Gasteiger partial charge in [0.1, 0.15) is 5.82 Å². The minimum atomic E-state index is -0.954. The topological polar surface area (TPSA) is 104 Å². The van der Waals surface area contributed by atoms with E-state index in [0.29, 0.717) is 27.2 Å². The van der Waals surface area contributed by atoms with Gasteiger partial charge in [0.05, 0.1) is 11.5 Å². The lowest BCUT2D eigenvalue weighted by atomic mass is 9.92. The van der Waals surface area contributed by atoms with Crippen molar-refractivity contribution in [3.8, 4) is 0 Å². The van der Waals surface area contributed by atoms with E-state index in [9.17, 15) is 14.4 Å². The Morgan fingerprint density at radius 2 is 2.00 bits per heavy atom. The van der Waals surface area contributed by atoms with E-state index in [0.717, 1.165) is 11.1 Å². The van der Waals surface area contributed by atoms with Crippen molar-refractivity contribution in [2.24, 2.45) is 0 Å². The van der Waals surface area contributed by atoms with E-state index < -0.39 is 17.4 Å². The molecular weight excluding hydrogens is 448 g/mol. The van der Waals surface area contributed by atoms with Crippen LogP contribution in [-0.2, 0) is 15.3 Å². The average molecular weight is 469 g/mol. The molecule has 1 atom stereocenters. The number of anilines is 2. The molecule has 4 rings (SSSR count). The molecule has 3 N–H and O–H groups in total. The summed E-state index contributed by atoms with van der Waals surface area (Å²) in [5, 5.41) is 6.31. The van der Waals surface area contributed by atoms with E-state index in [2.05, 4.69) is 26.7 Å². The van der Waals surface area contributed by atoms with E-state index in [1.807, 2.05) is 25.1 Å². The van der Waals surface area contributed by atoms with Crippen molar-refractivity contribution in [1.29, 1.82) is 0 Å². The van der Waals surface area contributed by atoms with Crippen LogP contribution in [0, 0.1) is 13.8 Å². The molecule has 9 heteroatoms. The first kappa shape index (κ1) is 22.1. The molecule has 0 radical (unpaired) electrons. The Hall–Kier alpha value is -3.10. The van der Waals surface area contributed by atoms with E-state index in [-0.39, 0.29) is 23.7 Å². The standard InChI is InChI=1S/C23H21ClN4O3S/c1-12-5-3-6-14(9-12)11-32-23-27-20-19(22(31)28-23)15(10-18(29)26-20)21(30)25-17-8-4-7-16(24)13(17)2/h3-9,15H,10-11H2,1-2H3,(H,25,30)(H2,26,27,28,29,31)/t15-/m1/s1. The smallest absolute Gasteiger partial charge is 0.257 e. The van der Waals surface area contributed by atoms with E-state index in [1.165, 1.54) is 11.8 Å². The third-order valence-electron chi connectivity index (χ3n) is 5.23. The lowest BCUT2D eigenvalue weighted by Crippen LogP contribution is -2.36. The van der Waals surface area contributed by atoms with Gasteiger partial charge < -0.3 is 15.6 Å². The fourth-order valence-corrected chi connectivity index (χ4v) is 4.54. The number of thioether (sulfide) groups is 1. The molecule has 2 heterocycles. The number of rotatable bonds is 5. The zero-order chi connectivity index (χ0) is 22.8. The van der Waals surface area contributed by atoms with Crippen molar-refractivity contribution in [2.75, 3.05) is 10.6 Å². The Balaban J connectivity index is 1.59. The van der Waals surface area contributed by atoms with Crippen molar-refractivity contribution in [2.45, 2.75) is 37.1 Å². The normalized spacial score (nSPS) is 15.1. The number of hydrogen-bond donors (Lipinski definition) is 3. The zero-order valence-electron chi connectivity index (χ0n) is 17.5. The summed E-state index contributed by atoms with van der Waals surface area (Å²) < 4.78 is 0. The second kappa shape index (κ2) is 9.18. The monoisotopic (exact) mass is 468 g/mol. The number of fused-ring (bicyclic) bond motifs is 1. The fraction of sp³-hybridized carbons (Fsp3) is 0.217. The summed E-state index contributed by atoms with van der Waals surface area (Å²) in [7, 11) is 0. The Labute approximate surface area is 194 Å². The van der Waals surface area contributed by atoms with Crippen molar-refractivity contribution in [3.63, 3.8) is 0 Å². The second-order valence-electron chi connectivity index (χ2n) is 7.62. The van der Waals surface area contributed by atoms with E-state index in [1.54, 1.807) is 25.1 Å². The number of amides is 2. The highest BCUT2D eigenvalue weighted by molar-refractivity contribution is 7.98. The summed E-state index contributed by atoms with van der Waals surface area (Å²) >= 11 is 7.48. The number of hydrogen-bond acceptors (Lipinski definition) is 5. The molecule has 0 fully saturated rings. The first-order valence-corrected chi connectivity index (χ1v) is 11.4. The first-order valence-electron chi connectivity index (χ1n) is 10.00. The molecule has 32 heavy (non-hydrogen) atoms. The van der Waals surface area contributed by atoms with Gasteiger partial charge >= 0.3 is 0 Å². The Kier molecular flexibility index (Phi) is 6.34. The van der Waals surface area contributed by atoms with Crippen LogP contribution in [-0.4, -0.2) is 21.8 Å². The summed E-state index contributed by atoms with van der Waals surface area (Å²) in [6.07, 6.45) is -0.140. The Morgan fingerprint density at radius 1 is 1.22 bits per heavy atom. The Morgan fingerprint density at radius 3 is 2.78 bits per heavy atom. The van der Waals surface area contributed by atoms with Gasteiger partial charge in [-0.1, -0.05) is 59.3 Å². The number of aromatic amines is 1. The van der Waals surface area contributed by atoms with Gasteiger partial charge in [0, 0.05) is 22.9 Å². The van der Waals surface area contributed by atoms with Crippen LogP contribution in [0.15, 0.2) is 52.4 Å². The van der Waals surface area contributed by atoms with Gasteiger partial charge in [-0.2, -0.15) is 0 Å². The highest BCUT2D eigenvalue weighted by Crippen LogP contribution is 2.32. The van der Waals surface area contributed by atoms with Gasteiger partial charge in [-0.15, -0.1) is 0 Å². The number of aryl methyl sites for hydroxylation is 1. The molecule has 1 aliphatic heterocycles. The number of H-pyrrole nitrogens is 1. The molecule has 0 saturated carbocycles. The molecule has 0 saturated heterocycles. The predicted molar refractivity (Wildman–Crippen MR) is 126 cm³/mol. The number of halogens is 1.